The Morgan fingerprint density at radius 2 is 1.15 bits per heavy atom. The maximum Gasteiger partial charge on any atom is 0.460 e. The minimum Gasteiger partial charge on any atom is -0.298 e. The summed E-state index contributed by atoms with van der Waals surface area (Å²) >= 11 is 1.72. The molecular formula is C19H17F13IN. The van der Waals surface area contributed by atoms with Gasteiger partial charge in [-0.05, 0) is 17.4 Å². The molecule has 1 aliphatic heterocycles. The molecule has 0 aromatic heterocycles. The van der Waals surface area contributed by atoms with E-state index in [1.165, 1.54) is 4.90 Å². The monoisotopic (exact) mass is 633 g/mol. The Morgan fingerprint density at radius 3 is 1.62 bits per heavy atom. The lowest BCUT2D eigenvalue weighted by atomic mass is 9.85. The Morgan fingerprint density at radius 1 is 0.676 bits per heavy atom. The summed E-state index contributed by atoms with van der Waals surface area (Å²) in [5, 5.41) is 0. The van der Waals surface area contributed by atoms with E-state index < -0.39 is 54.0 Å². The van der Waals surface area contributed by atoms with E-state index in [0.717, 1.165) is 0 Å². The molecule has 0 spiro atoms. The van der Waals surface area contributed by atoms with Crippen LogP contribution in [0, 0.1) is 11.8 Å². The first-order chi connectivity index (χ1) is 15.2. The number of rotatable bonds is 9. The van der Waals surface area contributed by atoms with Crippen LogP contribution in [0.4, 0.5) is 57.1 Å². The zero-order chi connectivity index (χ0) is 26.4. The fourth-order valence-electron chi connectivity index (χ4n) is 3.67. The van der Waals surface area contributed by atoms with Gasteiger partial charge in [0.05, 0.1) is 0 Å². The van der Waals surface area contributed by atoms with Crippen molar-refractivity contribution in [1.29, 1.82) is 0 Å². The molecule has 0 N–H and O–H groups in total. The maximum atomic E-state index is 14.3. The van der Waals surface area contributed by atoms with Crippen LogP contribution in [0.5, 0.6) is 0 Å². The Kier molecular flexibility index (Phi) is 8.14. The Bertz CT molecular complexity index is 825. The molecule has 15 heteroatoms. The van der Waals surface area contributed by atoms with E-state index in [-0.39, 0.29) is 24.1 Å². The molecular weight excluding hydrogens is 616 g/mol. The van der Waals surface area contributed by atoms with Gasteiger partial charge < -0.3 is 0 Å². The molecule has 1 aromatic rings. The number of likely N-dealkylation sites (tertiary alicyclic amines) is 1. The van der Waals surface area contributed by atoms with Gasteiger partial charge in [0, 0.05) is 30.5 Å². The third-order valence-electron chi connectivity index (χ3n) is 5.62. The topological polar surface area (TPSA) is 3.24 Å². The molecule has 1 heterocycles. The average molecular weight is 633 g/mol. The number of alkyl halides is 14. The van der Waals surface area contributed by atoms with Gasteiger partial charge in [-0.3, -0.25) is 4.90 Å². The smallest absolute Gasteiger partial charge is 0.298 e. The van der Waals surface area contributed by atoms with Crippen LogP contribution >= 0.6 is 22.6 Å². The van der Waals surface area contributed by atoms with Crippen LogP contribution in [0.2, 0.25) is 0 Å². The van der Waals surface area contributed by atoms with Gasteiger partial charge in [-0.2, -0.15) is 57.1 Å². The lowest BCUT2D eigenvalue weighted by molar-refractivity contribution is -0.440. The molecule has 0 radical (unpaired) electrons. The van der Waals surface area contributed by atoms with E-state index in [1.807, 2.05) is 0 Å². The molecule has 1 saturated heterocycles. The summed E-state index contributed by atoms with van der Waals surface area (Å²) in [6.07, 6.45) is -9.52. The second kappa shape index (κ2) is 9.47. The quantitative estimate of drug-likeness (QED) is 0.157. The van der Waals surface area contributed by atoms with Crippen LogP contribution in [-0.2, 0) is 6.54 Å². The van der Waals surface area contributed by atoms with Crippen molar-refractivity contribution in [3.05, 3.63) is 35.9 Å². The van der Waals surface area contributed by atoms with Crippen molar-refractivity contribution in [3.63, 3.8) is 0 Å². The Hall–Kier alpha value is -1.00. The van der Waals surface area contributed by atoms with E-state index in [1.54, 1.807) is 52.9 Å². The summed E-state index contributed by atoms with van der Waals surface area (Å²) in [4.78, 5) is 1.53. The first-order valence-corrected chi connectivity index (χ1v) is 11.0. The van der Waals surface area contributed by atoms with Gasteiger partial charge in [-0.1, -0.05) is 52.9 Å². The van der Waals surface area contributed by atoms with Gasteiger partial charge in [0.15, 0.2) is 0 Å². The zero-order valence-corrected chi connectivity index (χ0v) is 19.0. The van der Waals surface area contributed by atoms with Gasteiger partial charge in [-0.15, -0.1) is 0 Å². The molecule has 1 aromatic carbocycles. The molecule has 2 atom stereocenters. The summed E-state index contributed by atoms with van der Waals surface area (Å²) in [5.74, 6) is -38.8. The number of nitrogens with zero attached hydrogens (tertiary/aromatic N) is 1. The standard InChI is InChI=1S/C19H17F13IN/c20-14(21,15(22,23)16(24,25)17(26,27)18(28,29)19(30,31)32)6-12-9-34(10-13(12)7-33)8-11-4-2-1-3-5-11/h1-5,12-13H,6-10H2. The van der Waals surface area contributed by atoms with Crippen LogP contribution in [0.15, 0.2) is 30.3 Å². The average Bonchev–Trinajstić information content (AvgIpc) is 3.07. The predicted molar refractivity (Wildman–Crippen MR) is 103 cm³/mol. The molecule has 0 bridgehead atoms. The number of halogens is 14. The number of hydrogen-bond acceptors (Lipinski definition) is 1. The first-order valence-electron chi connectivity index (χ1n) is 9.51. The van der Waals surface area contributed by atoms with Gasteiger partial charge in [0.1, 0.15) is 0 Å². The molecule has 34 heavy (non-hydrogen) atoms. The minimum absolute atomic E-state index is 0.0584. The molecule has 1 fully saturated rings. The molecule has 0 amide bonds. The van der Waals surface area contributed by atoms with E-state index in [2.05, 4.69) is 0 Å². The number of hydrogen-bond donors (Lipinski definition) is 0. The zero-order valence-electron chi connectivity index (χ0n) is 16.8. The highest BCUT2D eigenvalue weighted by Crippen LogP contribution is 2.61. The molecule has 2 rings (SSSR count). The van der Waals surface area contributed by atoms with Crippen LogP contribution in [0.3, 0.4) is 0 Å². The summed E-state index contributed by atoms with van der Waals surface area (Å²) in [7, 11) is 0. The van der Waals surface area contributed by atoms with Crippen LogP contribution in [-0.4, -0.2) is 58.2 Å². The lowest BCUT2D eigenvalue weighted by Gasteiger charge is -2.40. The van der Waals surface area contributed by atoms with Crippen LogP contribution < -0.4 is 0 Å². The highest BCUT2D eigenvalue weighted by molar-refractivity contribution is 14.1. The van der Waals surface area contributed by atoms with Gasteiger partial charge in [-0.25, -0.2) is 0 Å². The van der Waals surface area contributed by atoms with E-state index >= 15 is 0 Å². The molecule has 1 aliphatic rings. The van der Waals surface area contributed by atoms with E-state index in [9.17, 15) is 57.1 Å². The van der Waals surface area contributed by atoms with Gasteiger partial charge in [0.25, 0.3) is 0 Å². The van der Waals surface area contributed by atoms with E-state index in [0.29, 0.717) is 5.56 Å². The van der Waals surface area contributed by atoms with Crippen molar-refractivity contribution in [3.8, 4) is 0 Å². The Labute approximate surface area is 198 Å². The summed E-state index contributed by atoms with van der Waals surface area (Å²) in [6.45, 7) is -0.115. The fourth-order valence-corrected chi connectivity index (χ4v) is 4.67. The third-order valence-corrected chi connectivity index (χ3v) is 6.75. The fraction of sp³-hybridized carbons (Fsp3) is 0.684. The van der Waals surface area contributed by atoms with Crippen molar-refractivity contribution >= 4 is 22.6 Å². The maximum absolute atomic E-state index is 14.3. The molecule has 0 aliphatic carbocycles. The van der Waals surface area contributed by atoms with Gasteiger partial charge >= 0.3 is 35.8 Å². The molecule has 0 saturated carbocycles. The third kappa shape index (κ3) is 4.96. The van der Waals surface area contributed by atoms with Crippen molar-refractivity contribution in [2.24, 2.45) is 11.8 Å². The largest absolute Gasteiger partial charge is 0.460 e. The second-order valence-corrected chi connectivity index (χ2v) is 8.94. The van der Waals surface area contributed by atoms with Crippen LogP contribution in [0.25, 0.3) is 0 Å². The van der Waals surface area contributed by atoms with Gasteiger partial charge in [0.2, 0.25) is 0 Å². The summed E-state index contributed by atoms with van der Waals surface area (Å²) in [5.41, 5.74) is 0.702. The first kappa shape index (κ1) is 29.2. The molecule has 196 valence electrons. The summed E-state index contributed by atoms with van der Waals surface area (Å²) in [6, 6.07) is 8.33. The second-order valence-electron chi connectivity index (χ2n) is 8.06. The lowest BCUT2D eigenvalue weighted by Crippen LogP contribution is -2.70. The van der Waals surface area contributed by atoms with Crippen LogP contribution in [0.1, 0.15) is 12.0 Å². The van der Waals surface area contributed by atoms with Crippen molar-refractivity contribution in [2.75, 3.05) is 17.5 Å². The summed E-state index contributed by atoms with van der Waals surface area (Å²) < 4.78 is 174. The van der Waals surface area contributed by atoms with Crippen molar-refractivity contribution < 1.29 is 57.1 Å². The highest BCUT2D eigenvalue weighted by atomic mass is 127. The van der Waals surface area contributed by atoms with Crippen molar-refractivity contribution in [1.82, 2.24) is 4.90 Å². The van der Waals surface area contributed by atoms with Crippen molar-refractivity contribution in [2.45, 2.75) is 48.8 Å². The minimum atomic E-state index is -7.86. The predicted octanol–water partition coefficient (Wildman–Crippen LogP) is 7.30. The molecule has 2 unspecified atom stereocenters. The molecule has 1 nitrogen and oxygen atoms in total. The SMILES string of the molecule is FC(F)(F)C(F)(F)C(F)(F)C(F)(F)C(F)(F)C(F)(F)CC1CN(Cc2ccccc2)CC1CI. The Balaban J connectivity index is 2.29. The highest BCUT2D eigenvalue weighted by Gasteiger charge is 2.90. The normalized spacial score (nSPS) is 21.8. The van der Waals surface area contributed by atoms with E-state index in [4.69, 9.17) is 0 Å². The number of benzene rings is 1.